The van der Waals surface area contributed by atoms with Gasteiger partial charge in [-0.05, 0) is 44.4 Å². The molecule has 1 fully saturated rings. The van der Waals surface area contributed by atoms with Gasteiger partial charge in [0.15, 0.2) is 5.75 Å². The van der Waals surface area contributed by atoms with Crippen molar-refractivity contribution in [1.82, 2.24) is 10.3 Å². The summed E-state index contributed by atoms with van der Waals surface area (Å²) in [6, 6.07) is 3.94. The first kappa shape index (κ1) is 15.1. The Labute approximate surface area is 121 Å². The van der Waals surface area contributed by atoms with E-state index in [1.807, 2.05) is 19.1 Å². The third-order valence-electron chi connectivity index (χ3n) is 3.76. The van der Waals surface area contributed by atoms with Crippen LogP contribution in [0.3, 0.4) is 0 Å². The highest BCUT2D eigenvalue weighted by molar-refractivity contribution is 5.34. The van der Waals surface area contributed by atoms with Crippen molar-refractivity contribution in [3.63, 3.8) is 0 Å². The summed E-state index contributed by atoms with van der Waals surface area (Å²) in [4.78, 5) is 4.39. The molecule has 1 aromatic heterocycles. The number of aryl methyl sites for hydroxylation is 1. The number of methoxy groups -OCH3 is 1. The van der Waals surface area contributed by atoms with Gasteiger partial charge in [0, 0.05) is 18.2 Å². The molecule has 112 valence electrons. The van der Waals surface area contributed by atoms with Gasteiger partial charge in [-0.1, -0.05) is 13.8 Å². The van der Waals surface area contributed by atoms with Gasteiger partial charge >= 0.3 is 0 Å². The van der Waals surface area contributed by atoms with Gasteiger partial charge in [-0.3, -0.25) is 0 Å². The second-order valence-corrected chi connectivity index (χ2v) is 6.00. The lowest BCUT2D eigenvalue weighted by molar-refractivity contribution is 0.114. The number of rotatable bonds is 6. The van der Waals surface area contributed by atoms with E-state index >= 15 is 0 Å². The van der Waals surface area contributed by atoms with E-state index in [-0.39, 0.29) is 6.10 Å². The fourth-order valence-corrected chi connectivity index (χ4v) is 2.71. The van der Waals surface area contributed by atoms with E-state index in [0.717, 1.165) is 31.0 Å². The smallest absolute Gasteiger partial charge is 0.256 e. The first-order chi connectivity index (χ1) is 9.60. The first-order valence-corrected chi connectivity index (χ1v) is 7.49. The second-order valence-electron chi connectivity index (χ2n) is 6.00. The van der Waals surface area contributed by atoms with Crippen LogP contribution in [-0.4, -0.2) is 31.3 Å². The molecule has 0 aliphatic carbocycles. The highest BCUT2D eigenvalue weighted by Gasteiger charge is 2.28. The van der Waals surface area contributed by atoms with Crippen molar-refractivity contribution in [2.45, 2.75) is 39.7 Å². The Balaban J connectivity index is 2.13. The maximum absolute atomic E-state index is 6.26. The van der Waals surface area contributed by atoms with Crippen LogP contribution in [0.25, 0.3) is 0 Å². The number of aromatic nitrogens is 1. The topological polar surface area (TPSA) is 43.4 Å². The van der Waals surface area contributed by atoms with Crippen molar-refractivity contribution in [3.05, 3.63) is 17.8 Å². The summed E-state index contributed by atoms with van der Waals surface area (Å²) in [6.07, 6.45) is 2.46. The van der Waals surface area contributed by atoms with Crippen LogP contribution in [0.2, 0.25) is 0 Å². The molecule has 0 aromatic carbocycles. The van der Waals surface area contributed by atoms with Gasteiger partial charge < -0.3 is 14.8 Å². The van der Waals surface area contributed by atoms with Crippen molar-refractivity contribution < 1.29 is 9.47 Å². The Hall–Kier alpha value is -1.29. The molecular formula is C16H26N2O2. The van der Waals surface area contributed by atoms with E-state index in [2.05, 4.69) is 24.1 Å². The number of hydrogen-bond donors (Lipinski definition) is 1. The number of nitrogens with one attached hydrogen (secondary N) is 1. The second kappa shape index (κ2) is 6.93. The van der Waals surface area contributed by atoms with Gasteiger partial charge in [-0.25, -0.2) is 4.98 Å². The maximum Gasteiger partial charge on any atom is 0.256 e. The number of nitrogens with zero attached hydrogens (tertiary/aromatic N) is 1. The Morgan fingerprint density at radius 3 is 2.80 bits per heavy atom. The van der Waals surface area contributed by atoms with E-state index in [1.54, 1.807) is 7.11 Å². The molecule has 2 rings (SSSR count). The van der Waals surface area contributed by atoms with Gasteiger partial charge in [-0.2, -0.15) is 0 Å². The molecule has 2 heterocycles. The molecule has 0 radical (unpaired) electrons. The molecule has 1 saturated heterocycles. The molecule has 4 heteroatoms. The van der Waals surface area contributed by atoms with Crippen LogP contribution in [0.5, 0.6) is 11.6 Å². The molecule has 0 amide bonds. The molecule has 1 aliphatic rings. The van der Waals surface area contributed by atoms with Gasteiger partial charge in [0.1, 0.15) is 6.10 Å². The standard InChI is InChI=1S/C16H26N2O2/c1-11(2)9-15(13-7-8-17-10-13)20-14-6-5-12(3)18-16(14)19-4/h5-6,11,13,15,17H,7-10H2,1-4H3/t13-,15?/m0/s1. The molecule has 0 saturated carbocycles. The molecule has 1 unspecified atom stereocenters. The minimum Gasteiger partial charge on any atom is -0.484 e. The van der Waals surface area contributed by atoms with Crippen LogP contribution in [0.4, 0.5) is 0 Å². The molecule has 0 bridgehead atoms. The predicted molar refractivity (Wildman–Crippen MR) is 80.4 cm³/mol. The summed E-state index contributed by atoms with van der Waals surface area (Å²) in [5.74, 6) is 2.54. The maximum atomic E-state index is 6.26. The number of pyridine rings is 1. The summed E-state index contributed by atoms with van der Waals surface area (Å²) in [5, 5.41) is 3.42. The summed E-state index contributed by atoms with van der Waals surface area (Å²) < 4.78 is 11.6. The summed E-state index contributed by atoms with van der Waals surface area (Å²) in [6.45, 7) is 8.57. The number of hydrogen-bond acceptors (Lipinski definition) is 4. The van der Waals surface area contributed by atoms with Crippen molar-refractivity contribution in [2.24, 2.45) is 11.8 Å². The minimum atomic E-state index is 0.225. The van der Waals surface area contributed by atoms with Crippen LogP contribution in [0.15, 0.2) is 12.1 Å². The molecular weight excluding hydrogens is 252 g/mol. The molecule has 1 aromatic rings. The van der Waals surface area contributed by atoms with Gasteiger partial charge in [-0.15, -0.1) is 0 Å². The molecule has 0 spiro atoms. The zero-order chi connectivity index (χ0) is 14.5. The van der Waals surface area contributed by atoms with Gasteiger partial charge in [0.25, 0.3) is 5.88 Å². The molecule has 1 N–H and O–H groups in total. The highest BCUT2D eigenvalue weighted by Crippen LogP contribution is 2.30. The summed E-state index contributed by atoms with van der Waals surface area (Å²) >= 11 is 0. The average Bonchev–Trinajstić information content (AvgIpc) is 2.93. The monoisotopic (exact) mass is 278 g/mol. The summed E-state index contributed by atoms with van der Waals surface area (Å²) in [5.41, 5.74) is 0.942. The lowest BCUT2D eigenvalue weighted by atomic mass is 9.93. The first-order valence-electron chi connectivity index (χ1n) is 7.49. The van der Waals surface area contributed by atoms with Crippen LogP contribution in [-0.2, 0) is 0 Å². The fourth-order valence-electron chi connectivity index (χ4n) is 2.71. The third kappa shape index (κ3) is 3.85. The third-order valence-corrected chi connectivity index (χ3v) is 3.76. The van der Waals surface area contributed by atoms with Crippen molar-refractivity contribution in [2.75, 3.05) is 20.2 Å². The predicted octanol–water partition coefficient (Wildman–Crippen LogP) is 2.80. The van der Waals surface area contributed by atoms with E-state index in [1.165, 1.54) is 6.42 Å². The van der Waals surface area contributed by atoms with Crippen LogP contribution in [0.1, 0.15) is 32.4 Å². The lowest BCUT2D eigenvalue weighted by Gasteiger charge is -2.26. The Kier molecular flexibility index (Phi) is 5.24. The van der Waals surface area contributed by atoms with Crippen LogP contribution < -0.4 is 14.8 Å². The zero-order valence-electron chi connectivity index (χ0n) is 13.0. The SMILES string of the molecule is COc1nc(C)ccc1OC(CC(C)C)[C@H]1CCNC1. The van der Waals surface area contributed by atoms with E-state index in [0.29, 0.717) is 17.7 Å². The van der Waals surface area contributed by atoms with Crippen molar-refractivity contribution >= 4 is 0 Å². The van der Waals surface area contributed by atoms with Crippen LogP contribution >= 0.6 is 0 Å². The molecule has 20 heavy (non-hydrogen) atoms. The zero-order valence-corrected chi connectivity index (χ0v) is 13.0. The largest absolute Gasteiger partial charge is 0.484 e. The fraction of sp³-hybridized carbons (Fsp3) is 0.688. The van der Waals surface area contributed by atoms with Crippen molar-refractivity contribution in [3.8, 4) is 11.6 Å². The normalized spacial score (nSPS) is 20.1. The Morgan fingerprint density at radius 2 is 2.20 bits per heavy atom. The van der Waals surface area contributed by atoms with Gasteiger partial charge in [0.2, 0.25) is 0 Å². The van der Waals surface area contributed by atoms with Crippen molar-refractivity contribution in [1.29, 1.82) is 0 Å². The molecule has 1 aliphatic heterocycles. The van der Waals surface area contributed by atoms with E-state index in [4.69, 9.17) is 9.47 Å². The average molecular weight is 278 g/mol. The summed E-state index contributed by atoms with van der Waals surface area (Å²) in [7, 11) is 1.64. The van der Waals surface area contributed by atoms with E-state index in [9.17, 15) is 0 Å². The van der Waals surface area contributed by atoms with Crippen LogP contribution in [0, 0.1) is 18.8 Å². The minimum absolute atomic E-state index is 0.225. The van der Waals surface area contributed by atoms with E-state index < -0.39 is 0 Å². The molecule has 2 atom stereocenters. The molecule has 4 nitrogen and oxygen atoms in total. The van der Waals surface area contributed by atoms with Gasteiger partial charge in [0.05, 0.1) is 7.11 Å². The lowest BCUT2D eigenvalue weighted by Crippen LogP contribution is -2.30. The Morgan fingerprint density at radius 1 is 1.40 bits per heavy atom. The quantitative estimate of drug-likeness (QED) is 0.869. The highest BCUT2D eigenvalue weighted by atomic mass is 16.5. The number of ether oxygens (including phenoxy) is 2. The Bertz CT molecular complexity index is 428.